The molecule has 0 spiro atoms. The number of hydroxylamine groups is 2. The van der Waals surface area contributed by atoms with Crippen LogP contribution >= 0.6 is 0 Å². The molecule has 2 fully saturated rings. The summed E-state index contributed by atoms with van der Waals surface area (Å²) in [5.74, 6) is -1.55. The molecule has 1 saturated heterocycles. The van der Waals surface area contributed by atoms with Crippen molar-refractivity contribution in [2.45, 2.75) is 51.2 Å². The fraction of sp³-hybridized carbons (Fsp3) is 0.429. The van der Waals surface area contributed by atoms with Crippen LogP contribution in [0.5, 0.6) is 0 Å². The molecule has 3 N–H and O–H groups in total. The van der Waals surface area contributed by atoms with Crippen molar-refractivity contribution in [2.75, 3.05) is 18.4 Å². The molecular weight excluding hydrogens is 530 g/mol. The molecule has 2 aromatic carbocycles. The second kappa shape index (κ2) is 12.8. The third-order valence-corrected chi connectivity index (χ3v) is 7.71. The average molecular weight is 564 g/mol. The van der Waals surface area contributed by atoms with Gasteiger partial charge in [0.15, 0.2) is 0 Å². The third-order valence-electron chi connectivity index (χ3n) is 7.71. The van der Waals surface area contributed by atoms with Crippen LogP contribution in [-0.2, 0) is 25.8 Å². The minimum absolute atomic E-state index is 0.0144. The highest BCUT2D eigenvalue weighted by atomic mass is 16.7. The van der Waals surface area contributed by atoms with Crippen LogP contribution in [0.3, 0.4) is 0 Å². The van der Waals surface area contributed by atoms with E-state index in [1.807, 2.05) is 30.3 Å². The number of anilines is 1. The number of carboxylic acid groups (broad SMARTS) is 1. The summed E-state index contributed by atoms with van der Waals surface area (Å²) in [4.78, 5) is 57.3. The lowest BCUT2D eigenvalue weighted by atomic mass is 9.92. The summed E-state index contributed by atoms with van der Waals surface area (Å²) in [5, 5.41) is 26.2. The largest absolute Gasteiger partial charge is 0.464 e. The predicted molar refractivity (Wildman–Crippen MR) is 147 cm³/mol. The smallest absolute Gasteiger partial charge is 0.426 e. The summed E-state index contributed by atoms with van der Waals surface area (Å²) >= 11 is 0. The minimum Gasteiger partial charge on any atom is -0.464 e. The lowest BCUT2D eigenvalue weighted by Crippen LogP contribution is -2.54. The van der Waals surface area contributed by atoms with Gasteiger partial charge in [-0.15, -0.1) is 5.10 Å². The Labute approximate surface area is 236 Å². The molecule has 1 aliphatic carbocycles. The van der Waals surface area contributed by atoms with Gasteiger partial charge in [-0.05, 0) is 42.5 Å². The zero-order valence-electron chi connectivity index (χ0n) is 22.5. The molecule has 5 rings (SSSR count). The van der Waals surface area contributed by atoms with Crippen LogP contribution in [-0.4, -0.2) is 79.0 Å². The van der Waals surface area contributed by atoms with Crippen molar-refractivity contribution < 1.29 is 29.1 Å². The number of hydrogen-bond acceptors (Lipinski definition) is 7. The molecule has 0 unspecified atom stereocenters. The third kappa shape index (κ3) is 6.62. The number of nitrogens with zero attached hydrogens (tertiary/aromatic N) is 5. The number of carbonyl (C=O) groups is 4. The van der Waals surface area contributed by atoms with Gasteiger partial charge in [0, 0.05) is 12.2 Å². The fourth-order valence-electron chi connectivity index (χ4n) is 5.65. The summed E-state index contributed by atoms with van der Waals surface area (Å²) in [5.41, 5.74) is 2.55. The molecule has 13 heteroatoms. The number of rotatable bonds is 11. The molecule has 0 radical (unpaired) electrons. The molecule has 3 aromatic rings. The van der Waals surface area contributed by atoms with Crippen LogP contribution in [0.2, 0.25) is 0 Å². The van der Waals surface area contributed by atoms with Gasteiger partial charge in [-0.2, -0.15) is 0 Å². The number of benzene rings is 2. The summed E-state index contributed by atoms with van der Waals surface area (Å²) in [6, 6.07) is 13.3. The van der Waals surface area contributed by atoms with Crippen LogP contribution in [0.15, 0.2) is 48.5 Å². The first kappa shape index (κ1) is 28.0. The highest BCUT2D eigenvalue weighted by molar-refractivity contribution is 5.99. The maximum absolute atomic E-state index is 14.1. The molecule has 0 bridgehead atoms. The Morgan fingerprint density at radius 3 is 2.66 bits per heavy atom. The van der Waals surface area contributed by atoms with Gasteiger partial charge in [0.2, 0.25) is 18.2 Å². The Morgan fingerprint density at radius 2 is 1.93 bits per heavy atom. The molecule has 1 saturated carbocycles. The van der Waals surface area contributed by atoms with Crippen LogP contribution in [0.1, 0.15) is 44.1 Å². The molecule has 1 aliphatic heterocycles. The molecule has 2 aliphatic rings. The number of H-pyrrole nitrogens is 1. The highest BCUT2D eigenvalue weighted by Gasteiger charge is 2.45. The first-order valence-corrected chi connectivity index (χ1v) is 13.8. The molecule has 2 atom stereocenters. The molecule has 1 aromatic heterocycles. The molecular formula is C28H33N7O6. The molecule has 41 heavy (non-hydrogen) atoms. The van der Waals surface area contributed by atoms with Crippen LogP contribution in [0, 0.1) is 11.8 Å². The van der Waals surface area contributed by atoms with Gasteiger partial charge >= 0.3 is 6.09 Å². The number of amides is 4. The topological polar surface area (TPSA) is 161 Å². The van der Waals surface area contributed by atoms with Crippen molar-refractivity contribution in [3.05, 3.63) is 54.1 Å². The monoisotopic (exact) mass is 563 g/mol. The fourth-order valence-corrected chi connectivity index (χ4v) is 5.65. The Hall–Kier alpha value is -4.52. The summed E-state index contributed by atoms with van der Waals surface area (Å²) < 4.78 is 0. The van der Waals surface area contributed by atoms with E-state index in [1.54, 1.807) is 18.2 Å². The molecule has 2 heterocycles. The second-order valence-corrected chi connectivity index (χ2v) is 10.5. The Bertz CT molecular complexity index is 1380. The van der Waals surface area contributed by atoms with Gasteiger partial charge in [-0.25, -0.2) is 19.9 Å². The van der Waals surface area contributed by atoms with E-state index in [0.29, 0.717) is 29.6 Å². The zero-order chi connectivity index (χ0) is 28.8. The standard InChI is InChI=1S/C28H33N7O6/c36-18-33(41-17-20-8-2-1-3-9-20)16-21(14-19-6-4-5-7-19)27(38)35-25(12-13-34(35)28(39)40)26(37)29-22-10-11-23-24(15-22)31-32-30-23/h1-3,8-11,15,18-19,21,25H,4-7,12-14,16-17H2,(H,29,37)(H,39,40)(H,30,31,32)/t21-,25+/m1/s1. The predicted octanol–water partition coefficient (Wildman–Crippen LogP) is 3.18. The number of carbonyl (C=O) groups excluding carboxylic acids is 3. The van der Waals surface area contributed by atoms with E-state index in [2.05, 4.69) is 20.7 Å². The normalized spacial score (nSPS) is 18.0. The average Bonchev–Trinajstić information content (AvgIpc) is 3.75. The second-order valence-electron chi connectivity index (χ2n) is 10.5. The van der Waals surface area contributed by atoms with Crippen molar-refractivity contribution in [3.8, 4) is 0 Å². The Kier molecular flexibility index (Phi) is 8.73. The van der Waals surface area contributed by atoms with E-state index < -0.39 is 29.9 Å². The van der Waals surface area contributed by atoms with Gasteiger partial charge < -0.3 is 10.4 Å². The quantitative estimate of drug-likeness (QED) is 0.237. The van der Waals surface area contributed by atoms with E-state index >= 15 is 0 Å². The van der Waals surface area contributed by atoms with E-state index in [4.69, 9.17) is 4.84 Å². The lowest BCUT2D eigenvalue weighted by Gasteiger charge is -2.34. The van der Waals surface area contributed by atoms with E-state index in [9.17, 15) is 24.3 Å². The maximum atomic E-state index is 14.1. The van der Waals surface area contributed by atoms with E-state index in [1.165, 1.54) is 0 Å². The number of hydrazine groups is 1. The first-order chi connectivity index (χ1) is 19.9. The molecule has 216 valence electrons. The lowest BCUT2D eigenvalue weighted by molar-refractivity contribution is -0.185. The van der Waals surface area contributed by atoms with Crippen LogP contribution in [0.4, 0.5) is 10.5 Å². The van der Waals surface area contributed by atoms with Gasteiger partial charge in [-0.1, -0.05) is 61.2 Å². The van der Waals surface area contributed by atoms with Crippen molar-refractivity contribution in [3.63, 3.8) is 0 Å². The SMILES string of the molecule is O=CN(C[C@@H](CC1CCCC1)C(=O)N1[C@H](C(=O)Nc2ccc3[nH]nnc3c2)CCN1C(=O)O)OCc1ccccc1. The van der Waals surface area contributed by atoms with Gasteiger partial charge in [0.1, 0.15) is 18.2 Å². The van der Waals surface area contributed by atoms with Crippen LogP contribution < -0.4 is 5.32 Å². The van der Waals surface area contributed by atoms with Crippen molar-refractivity contribution in [1.82, 2.24) is 30.5 Å². The number of hydrogen-bond donors (Lipinski definition) is 3. The maximum Gasteiger partial charge on any atom is 0.426 e. The van der Waals surface area contributed by atoms with Crippen molar-refractivity contribution in [2.24, 2.45) is 11.8 Å². The van der Waals surface area contributed by atoms with Crippen LogP contribution in [0.25, 0.3) is 11.0 Å². The minimum atomic E-state index is -1.33. The van der Waals surface area contributed by atoms with Gasteiger partial charge in [0.25, 0.3) is 0 Å². The van der Waals surface area contributed by atoms with Gasteiger partial charge in [-0.3, -0.25) is 24.3 Å². The zero-order valence-corrected chi connectivity index (χ0v) is 22.5. The van der Waals surface area contributed by atoms with Gasteiger partial charge in [0.05, 0.1) is 18.0 Å². The first-order valence-electron chi connectivity index (χ1n) is 13.8. The Morgan fingerprint density at radius 1 is 1.15 bits per heavy atom. The highest BCUT2D eigenvalue weighted by Crippen LogP contribution is 2.33. The molecule has 4 amide bonds. The van der Waals surface area contributed by atoms with E-state index in [-0.39, 0.29) is 32.0 Å². The summed E-state index contributed by atoms with van der Waals surface area (Å²) in [6.07, 6.45) is 3.80. The number of nitrogens with one attached hydrogen (secondary N) is 2. The molecule has 13 nitrogen and oxygen atoms in total. The number of aromatic amines is 1. The van der Waals surface area contributed by atoms with E-state index in [0.717, 1.165) is 46.3 Å². The van der Waals surface area contributed by atoms with Crippen molar-refractivity contribution in [1.29, 1.82) is 0 Å². The number of fused-ring (bicyclic) bond motifs is 1. The Balaban J connectivity index is 1.35. The van der Waals surface area contributed by atoms with Crippen molar-refractivity contribution >= 4 is 41.0 Å². The summed E-state index contributed by atoms with van der Waals surface area (Å²) in [6.45, 7) is 0.0576. The number of aromatic nitrogens is 3. The summed E-state index contributed by atoms with van der Waals surface area (Å²) in [7, 11) is 0.